The van der Waals surface area contributed by atoms with E-state index >= 15 is 14.4 Å². The lowest BCUT2D eigenvalue weighted by Gasteiger charge is -2.39. The van der Waals surface area contributed by atoms with Crippen molar-refractivity contribution in [3.05, 3.63) is 328 Å². The van der Waals surface area contributed by atoms with Crippen LogP contribution in [0.15, 0.2) is 328 Å². The average Bonchev–Trinajstić information content (AvgIpc) is 1.52. The molecule has 10 heteroatoms. The fourth-order valence-electron chi connectivity index (χ4n) is 17.7. The number of benzene rings is 14. The predicted octanol–water partition coefficient (Wildman–Crippen LogP) is 20.5. The molecule has 6 heterocycles. The molecule has 3 aliphatic rings. The molecule has 3 fully saturated rings. The first-order valence-electron chi connectivity index (χ1n) is 34.8. The Balaban J connectivity index is 0.692. The van der Waals surface area contributed by atoms with Crippen molar-refractivity contribution in [2.24, 2.45) is 23.7 Å². The van der Waals surface area contributed by atoms with Crippen LogP contribution in [0, 0.1) is 23.7 Å². The fourth-order valence-corrected chi connectivity index (χ4v) is 17.7. The minimum atomic E-state index is -1.42. The zero-order chi connectivity index (χ0) is 67.6. The van der Waals surface area contributed by atoms with Gasteiger partial charge in [-0.25, -0.2) is 4.90 Å². The Hall–Kier alpha value is -13.2. The SMILES string of the molecule is O=C1C2C(C(=O)N1c1cc(-c3ccc4c(c3)c3ccccc3n4-c3ccccc3)cc(-c3ccc4c5ccccc5n(-c5ccccc5)c4c3)c1)C1C2C(=O)N(c2cc(-c3ccc4c(c3)c3ccccc3n4-c3ccccc3)cc(-c3ccc4c5ccccc5n(-c5ccccc5)c4c3)c2)C1O. The standard InChI is InChI=1S/C92H60N6O4/c99-89-85-86(90(100)97(89)67-47-59(55-39-43-81-75(51-55)71-31-15-19-35-79(71)93(81)63-21-5-1-6-22-63)45-61(49-67)57-37-41-73-69-29-13-17-33-77(69)95(83(73)53-57)65-25-9-3-10-26-65)88-87(85)91(101)98(92(88)102)68-48-60(56-40-44-82-76(52-56)72-32-16-20-36-80(72)94(82)64-23-7-2-8-24-64)46-62(50-68)58-38-42-74-70-30-14-18-34-78(70)96(84(74)54-58)66-27-11-4-12-28-66/h1-54,85-89,99H. The van der Waals surface area contributed by atoms with E-state index in [1.54, 1.807) is 0 Å². The molecule has 0 radical (unpaired) electrons. The molecule has 1 saturated carbocycles. The van der Waals surface area contributed by atoms with E-state index in [9.17, 15) is 5.11 Å². The Labute approximate surface area is 585 Å². The molecule has 0 bridgehead atoms. The second-order valence-electron chi connectivity index (χ2n) is 27.5. The number of hydrogen-bond donors (Lipinski definition) is 1. The van der Waals surface area contributed by atoms with Crippen molar-refractivity contribution in [1.82, 2.24) is 18.3 Å². The van der Waals surface area contributed by atoms with Crippen molar-refractivity contribution in [3.63, 3.8) is 0 Å². The third-order valence-corrected chi connectivity index (χ3v) is 22.2. The van der Waals surface area contributed by atoms with E-state index < -0.39 is 41.7 Å². The van der Waals surface area contributed by atoms with Gasteiger partial charge in [0.2, 0.25) is 17.7 Å². The van der Waals surface area contributed by atoms with Crippen LogP contribution in [0.2, 0.25) is 0 Å². The first kappa shape index (κ1) is 57.9. The number of hydrogen-bond acceptors (Lipinski definition) is 4. The smallest absolute Gasteiger partial charge is 0.238 e. The topological polar surface area (TPSA) is 97.6 Å². The van der Waals surface area contributed by atoms with Crippen molar-refractivity contribution in [1.29, 1.82) is 0 Å². The molecule has 5 atom stereocenters. The van der Waals surface area contributed by atoms with Crippen LogP contribution in [0.25, 0.3) is 154 Å². The largest absolute Gasteiger partial charge is 0.373 e. The van der Waals surface area contributed by atoms with Crippen LogP contribution < -0.4 is 9.80 Å². The van der Waals surface area contributed by atoms with Crippen molar-refractivity contribution in [2.45, 2.75) is 6.23 Å². The van der Waals surface area contributed by atoms with Crippen LogP contribution in [0.3, 0.4) is 0 Å². The van der Waals surface area contributed by atoms with Crippen molar-refractivity contribution >= 4 is 116 Å². The van der Waals surface area contributed by atoms with E-state index in [4.69, 9.17) is 0 Å². The number of rotatable bonds is 10. The lowest BCUT2D eigenvalue weighted by molar-refractivity contribution is -0.145. The van der Waals surface area contributed by atoms with Crippen LogP contribution in [0.4, 0.5) is 11.4 Å². The summed E-state index contributed by atoms with van der Waals surface area (Å²) in [7, 11) is 0. The predicted molar refractivity (Wildman–Crippen MR) is 412 cm³/mol. The number of para-hydroxylation sites is 8. The third-order valence-electron chi connectivity index (χ3n) is 22.2. The zero-order valence-electron chi connectivity index (χ0n) is 54.9. The van der Waals surface area contributed by atoms with E-state index in [-0.39, 0.29) is 5.91 Å². The Bertz CT molecular complexity index is 6580. The molecule has 21 rings (SSSR count). The molecule has 482 valence electrons. The number of carbonyl (C=O) groups excluding carboxylic acids is 3. The fraction of sp³-hybridized carbons (Fsp3) is 0.0543. The van der Waals surface area contributed by atoms with Gasteiger partial charge in [-0.05, 0) is 190 Å². The Morgan fingerprint density at radius 1 is 0.216 bits per heavy atom. The maximum Gasteiger partial charge on any atom is 0.238 e. The molecule has 5 unspecified atom stereocenters. The molecular formula is C92H60N6O4. The first-order chi connectivity index (χ1) is 50.3. The highest BCUT2D eigenvalue weighted by Gasteiger charge is 2.73. The van der Waals surface area contributed by atoms with Gasteiger partial charge in [0.25, 0.3) is 0 Å². The number of aliphatic hydroxyl groups is 1. The van der Waals surface area contributed by atoms with E-state index in [1.165, 1.54) is 9.80 Å². The Kier molecular flexibility index (Phi) is 12.6. The molecule has 102 heavy (non-hydrogen) atoms. The molecule has 10 nitrogen and oxygen atoms in total. The third kappa shape index (κ3) is 8.47. The van der Waals surface area contributed by atoms with Crippen molar-refractivity contribution in [2.75, 3.05) is 9.80 Å². The number of imide groups is 1. The van der Waals surface area contributed by atoms with Crippen LogP contribution in [0.1, 0.15) is 0 Å². The van der Waals surface area contributed by atoms with Crippen molar-refractivity contribution in [3.8, 4) is 67.3 Å². The molecular weight excluding hydrogens is 1250 g/mol. The van der Waals surface area contributed by atoms with Gasteiger partial charge in [-0.1, -0.05) is 182 Å². The van der Waals surface area contributed by atoms with Gasteiger partial charge in [0.15, 0.2) is 0 Å². The van der Waals surface area contributed by atoms with Crippen LogP contribution in [0.5, 0.6) is 0 Å². The van der Waals surface area contributed by atoms with E-state index in [0.29, 0.717) is 11.4 Å². The van der Waals surface area contributed by atoms with Crippen molar-refractivity contribution < 1.29 is 19.5 Å². The summed E-state index contributed by atoms with van der Waals surface area (Å²) in [5.74, 6) is -5.02. The Morgan fingerprint density at radius 2 is 0.510 bits per heavy atom. The lowest BCUT2D eigenvalue weighted by Crippen LogP contribution is -2.51. The first-order valence-corrected chi connectivity index (χ1v) is 34.8. The van der Waals surface area contributed by atoms with Crippen LogP contribution >= 0.6 is 0 Å². The summed E-state index contributed by atoms with van der Waals surface area (Å²) < 4.78 is 9.17. The highest BCUT2D eigenvalue weighted by Crippen LogP contribution is 2.60. The number of aliphatic hydroxyl groups excluding tert-OH is 1. The zero-order valence-corrected chi connectivity index (χ0v) is 54.9. The summed E-state index contributed by atoms with van der Waals surface area (Å²) in [6, 6.07) is 114. The molecule has 0 spiro atoms. The number of anilines is 2. The number of amides is 3. The summed E-state index contributed by atoms with van der Waals surface area (Å²) >= 11 is 0. The molecule has 2 aliphatic heterocycles. The molecule has 1 aliphatic carbocycles. The maximum atomic E-state index is 15.8. The number of nitrogens with zero attached hydrogens (tertiary/aromatic N) is 6. The van der Waals surface area contributed by atoms with E-state index in [2.05, 4.69) is 297 Å². The molecule has 18 aromatic rings. The van der Waals surface area contributed by atoms with E-state index in [0.717, 1.165) is 154 Å². The number of aromatic nitrogens is 4. The summed E-state index contributed by atoms with van der Waals surface area (Å²) in [6.45, 7) is 0. The molecule has 4 aromatic heterocycles. The summed E-state index contributed by atoms with van der Waals surface area (Å²) in [5, 5.41) is 21.8. The molecule has 3 amide bonds. The van der Waals surface area contributed by atoms with Gasteiger partial charge < -0.3 is 23.4 Å². The van der Waals surface area contributed by atoms with Gasteiger partial charge in [0.05, 0.1) is 67.6 Å². The Morgan fingerprint density at radius 3 is 0.912 bits per heavy atom. The van der Waals surface area contributed by atoms with E-state index in [1.807, 2.05) is 48.5 Å². The van der Waals surface area contributed by atoms with Gasteiger partial charge in [0.1, 0.15) is 6.23 Å². The minimum Gasteiger partial charge on any atom is -0.373 e. The monoisotopic (exact) mass is 1310 g/mol. The second kappa shape index (κ2) is 22.2. The van der Waals surface area contributed by atoms with Gasteiger partial charge in [0, 0.05) is 77.4 Å². The molecule has 2 saturated heterocycles. The quantitative estimate of drug-likeness (QED) is 0.138. The van der Waals surface area contributed by atoms with Gasteiger partial charge in [-0.2, -0.15) is 0 Å². The lowest BCUT2D eigenvalue weighted by atomic mass is 9.58. The summed E-state index contributed by atoms with van der Waals surface area (Å²) in [4.78, 5) is 50.1. The van der Waals surface area contributed by atoms with Crippen LogP contribution in [-0.2, 0) is 14.4 Å². The highest BCUT2D eigenvalue weighted by molar-refractivity contribution is 6.26. The molecule has 1 N–H and O–H groups in total. The summed E-state index contributed by atoms with van der Waals surface area (Å²) in [5.41, 5.74) is 20.4. The van der Waals surface area contributed by atoms with Gasteiger partial charge in [-0.15, -0.1) is 0 Å². The van der Waals surface area contributed by atoms with Crippen LogP contribution in [-0.4, -0.2) is 47.3 Å². The highest BCUT2D eigenvalue weighted by atomic mass is 16.3. The molecule has 14 aromatic carbocycles. The maximum absolute atomic E-state index is 15.8. The normalized spacial score (nSPS) is 17.4. The minimum absolute atomic E-state index is 0.389. The number of fused-ring (bicyclic) bond motifs is 16. The van der Waals surface area contributed by atoms with Gasteiger partial charge in [-0.3, -0.25) is 19.3 Å². The second-order valence-corrected chi connectivity index (χ2v) is 27.5. The summed E-state index contributed by atoms with van der Waals surface area (Å²) in [6.07, 6.45) is -1.42. The van der Waals surface area contributed by atoms with Gasteiger partial charge >= 0.3 is 0 Å². The number of carbonyl (C=O) groups is 3. The average molecular weight is 1310 g/mol.